The molecule has 2 unspecified atom stereocenters. The Morgan fingerprint density at radius 2 is 1.77 bits per heavy atom. The average molecular weight is 749 g/mol. The van der Waals surface area contributed by atoms with Gasteiger partial charge < -0.3 is 24.2 Å². The topological polar surface area (TPSA) is 113 Å². The van der Waals surface area contributed by atoms with E-state index in [1.807, 2.05) is 43.4 Å². The Hall–Kier alpha value is -3.72. The molecule has 1 aromatic heterocycles. The maximum atomic E-state index is 12.5. The van der Waals surface area contributed by atoms with Crippen LogP contribution >= 0.6 is 0 Å². The maximum Gasteiger partial charge on any atom is 0.281 e. The van der Waals surface area contributed by atoms with Crippen molar-refractivity contribution in [2.24, 2.45) is 7.05 Å². The number of ether oxygens (including phenoxy) is 3. The molecule has 6 rings (SSSR count). The summed E-state index contributed by atoms with van der Waals surface area (Å²) >= 11 is 0. The van der Waals surface area contributed by atoms with E-state index in [9.17, 15) is 13.5 Å². The van der Waals surface area contributed by atoms with Crippen molar-refractivity contribution < 1.29 is 27.7 Å². The predicted molar refractivity (Wildman–Crippen MR) is 210 cm³/mol. The first-order valence-corrected chi connectivity index (χ1v) is 20.3. The summed E-state index contributed by atoms with van der Waals surface area (Å²) in [6.07, 6.45) is 4.67. The fourth-order valence-corrected chi connectivity index (χ4v) is 8.48. The smallest absolute Gasteiger partial charge is 0.281 e. The average Bonchev–Trinajstić information content (AvgIpc) is 3.50. The highest BCUT2D eigenvalue weighted by atomic mass is 32.2. The molecule has 2 atom stereocenters. The summed E-state index contributed by atoms with van der Waals surface area (Å²) < 4.78 is 48.2. The van der Waals surface area contributed by atoms with Crippen molar-refractivity contribution in [1.29, 1.82) is 0 Å². The van der Waals surface area contributed by atoms with Crippen LogP contribution in [0.1, 0.15) is 50.9 Å². The number of aryl methyl sites for hydroxylation is 1. The first-order chi connectivity index (χ1) is 25.6. The molecule has 2 aliphatic rings. The molecule has 0 aliphatic carbocycles. The van der Waals surface area contributed by atoms with Crippen LogP contribution < -0.4 is 14.4 Å². The molecule has 2 saturated heterocycles. The monoisotopic (exact) mass is 748 g/mol. The van der Waals surface area contributed by atoms with E-state index in [0.717, 1.165) is 71.6 Å². The highest BCUT2D eigenvalue weighted by molar-refractivity contribution is 7.86. The Morgan fingerprint density at radius 3 is 2.49 bits per heavy atom. The highest BCUT2D eigenvalue weighted by Gasteiger charge is 2.29. The van der Waals surface area contributed by atoms with Crippen molar-refractivity contribution in [3.63, 3.8) is 0 Å². The zero-order chi connectivity index (χ0) is 37.5. The van der Waals surface area contributed by atoms with Gasteiger partial charge in [-0.05, 0) is 80.1 Å². The van der Waals surface area contributed by atoms with Crippen molar-refractivity contribution in [3.05, 3.63) is 72.1 Å². The van der Waals surface area contributed by atoms with E-state index in [1.165, 1.54) is 21.5 Å². The molecule has 2 fully saturated rings. The third-order valence-corrected chi connectivity index (χ3v) is 12.4. The van der Waals surface area contributed by atoms with E-state index in [-0.39, 0.29) is 19.3 Å². The summed E-state index contributed by atoms with van der Waals surface area (Å²) in [5, 5.41) is 17.3. The Kier molecular flexibility index (Phi) is 13.0. The van der Waals surface area contributed by atoms with E-state index in [0.29, 0.717) is 50.3 Å². The lowest BCUT2D eigenvalue weighted by molar-refractivity contribution is -0.0583. The zero-order valence-corrected chi connectivity index (χ0v) is 32.7. The number of aliphatic hydroxyl groups is 1. The minimum absolute atomic E-state index is 0.161. The summed E-state index contributed by atoms with van der Waals surface area (Å²) in [5.74, 6) is 1.54. The quantitative estimate of drug-likeness (QED) is 0.153. The number of anilines is 1. The molecular weight excluding hydrogens is 693 g/mol. The first-order valence-electron chi connectivity index (χ1n) is 18.9. The van der Waals surface area contributed by atoms with Crippen molar-refractivity contribution >= 4 is 26.7 Å². The van der Waals surface area contributed by atoms with Crippen molar-refractivity contribution in [1.82, 2.24) is 23.3 Å². The van der Waals surface area contributed by atoms with Crippen LogP contribution in [0.3, 0.4) is 0 Å². The fraction of sp³-hybridized carbons (Fsp3) is 0.525. The molecule has 0 radical (unpaired) electrons. The summed E-state index contributed by atoms with van der Waals surface area (Å²) in [7, 11) is 1.55. The number of morpholine rings is 1. The fourth-order valence-electron chi connectivity index (χ4n) is 7.39. The molecule has 288 valence electrons. The summed E-state index contributed by atoms with van der Waals surface area (Å²) in [6, 6.07) is 20.7. The van der Waals surface area contributed by atoms with Crippen LogP contribution in [0.2, 0.25) is 0 Å². The van der Waals surface area contributed by atoms with Gasteiger partial charge in [-0.3, -0.25) is 9.58 Å². The number of unbranched alkanes of at least 4 members (excludes halogenated alkanes) is 1. The van der Waals surface area contributed by atoms with Gasteiger partial charge in [0.05, 0.1) is 31.6 Å². The largest absolute Gasteiger partial charge is 0.493 e. The van der Waals surface area contributed by atoms with Gasteiger partial charge in [0, 0.05) is 76.5 Å². The van der Waals surface area contributed by atoms with Gasteiger partial charge in [0.2, 0.25) is 0 Å². The van der Waals surface area contributed by atoms with Gasteiger partial charge in [-0.25, -0.2) is 0 Å². The molecule has 3 aromatic carbocycles. The van der Waals surface area contributed by atoms with Gasteiger partial charge in [-0.1, -0.05) is 37.6 Å². The van der Waals surface area contributed by atoms with Crippen LogP contribution in [0.5, 0.6) is 11.5 Å². The van der Waals surface area contributed by atoms with Crippen LogP contribution in [-0.2, 0) is 35.2 Å². The van der Waals surface area contributed by atoms with Crippen LogP contribution in [0.4, 0.5) is 5.69 Å². The number of piperazine rings is 1. The molecule has 53 heavy (non-hydrogen) atoms. The second kappa shape index (κ2) is 17.6. The molecule has 12 nitrogen and oxygen atoms in total. The number of benzene rings is 3. The Labute approximate surface area is 315 Å². The molecule has 0 saturated carbocycles. The van der Waals surface area contributed by atoms with Crippen molar-refractivity contribution in [2.75, 3.05) is 71.5 Å². The van der Waals surface area contributed by atoms with Gasteiger partial charge in [0.25, 0.3) is 10.2 Å². The second-order valence-electron chi connectivity index (χ2n) is 14.3. The second-order valence-corrected chi connectivity index (χ2v) is 16.5. The molecule has 13 heteroatoms. The molecule has 4 aromatic rings. The summed E-state index contributed by atoms with van der Waals surface area (Å²) in [6.45, 7) is 10.1. The lowest BCUT2D eigenvalue weighted by Crippen LogP contribution is -2.51. The highest BCUT2D eigenvalue weighted by Crippen LogP contribution is 2.35. The van der Waals surface area contributed by atoms with E-state index in [1.54, 1.807) is 18.8 Å². The molecule has 1 N–H and O–H groups in total. The number of hydrogen-bond donors (Lipinski definition) is 1. The SMILES string of the molecule is CCCCN1CC(C)OCC1CCCOc1cccc2ccc(-c3c(COc4ccc(N5CCN(S(=O)(=O)N(C)C)CC5)cc4)nn(C)c3CO)cc12. The molecular formula is C40H56N6O6S. The zero-order valence-electron chi connectivity index (χ0n) is 31.9. The van der Waals surface area contributed by atoms with Gasteiger partial charge >= 0.3 is 0 Å². The van der Waals surface area contributed by atoms with Gasteiger partial charge in [0.15, 0.2) is 0 Å². The lowest BCUT2D eigenvalue weighted by Gasteiger charge is -2.38. The normalized spacial score (nSPS) is 19.0. The number of nitrogens with zero attached hydrogens (tertiary/aromatic N) is 6. The van der Waals surface area contributed by atoms with Crippen LogP contribution in [0.25, 0.3) is 21.9 Å². The summed E-state index contributed by atoms with van der Waals surface area (Å²) in [4.78, 5) is 4.78. The predicted octanol–water partition coefficient (Wildman–Crippen LogP) is 5.29. The van der Waals surface area contributed by atoms with Crippen LogP contribution in [0.15, 0.2) is 60.7 Å². The molecule has 3 heterocycles. The van der Waals surface area contributed by atoms with E-state index >= 15 is 0 Å². The van der Waals surface area contributed by atoms with E-state index < -0.39 is 10.2 Å². The number of aromatic nitrogens is 2. The molecule has 0 amide bonds. The lowest BCUT2D eigenvalue weighted by atomic mass is 9.99. The minimum atomic E-state index is -3.41. The Bertz CT molecular complexity index is 1910. The van der Waals surface area contributed by atoms with Gasteiger partial charge in [0.1, 0.15) is 23.8 Å². The molecule has 0 spiro atoms. The van der Waals surface area contributed by atoms with Crippen molar-refractivity contribution in [2.45, 2.75) is 64.9 Å². The number of hydrogen-bond acceptors (Lipinski definition) is 9. The Morgan fingerprint density at radius 1 is 1.00 bits per heavy atom. The molecule has 0 bridgehead atoms. The van der Waals surface area contributed by atoms with Crippen LogP contribution in [-0.4, -0.2) is 116 Å². The third kappa shape index (κ3) is 9.15. The first kappa shape index (κ1) is 39.0. The van der Waals surface area contributed by atoms with Crippen LogP contribution in [0, 0.1) is 0 Å². The number of aliphatic hydroxyl groups excluding tert-OH is 1. The van der Waals surface area contributed by atoms with Gasteiger partial charge in [-0.15, -0.1) is 0 Å². The summed E-state index contributed by atoms with van der Waals surface area (Å²) in [5.41, 5.74) is 4.25. The van der Waals surface area contributed by atoms with Crippen molar-refractivity contribution in [3.8, 4) is 22.6 Å². The van der Waals surface area contributed by atoms with E-state index in [2.05, 4.69) is 47.9 Å². The molecule has 2 aliphatic heterocycles. The minimum Gasteiger partial charge on any atom is -0.493 e. The Balaban J connectivity index is 1.11. The number of fused-ring (bicyclic) bond motifs is 1. The van der Waals surface area contributed by atoms with E-state index in [4.69, 9.17) is 19.3 Å². The standard InChI is InChI=1S/C40H56N6O6S/c1-6-7-19-45-26-30(2)51-28-34(45)11-9-24-50-39-12-8-10-31-13-14-32(25-36(31)39)40-37(41-43(5)38(40)27-47)29-52-35-17-15-33(16-18-35)44-20-22-46(23-21-44)53(48,49)42(3)4/h8,10,12-18,25,30,34,47H,6-7,9,11,19-24,26-29H2,1-5H3. The third-order valence-electron chi connectivity index (χ3n) is 10.4. The maximum absolute atomic E-state index is 12.5. The van der Waals surface area contributed by atoms with Gasteiger partial charge in [-0.2, -0.15) is 22.1 Å². The number of rotatable bonds is 16.